The van der Waals surface area contributed by atoms with Crippen LogP contribution in [0.2, 0.25) is 0 Å². The van der Waals surface area contributed by atoms with Crippen LogP contribution in [0.4, 0.5) is 0 Å². The van der Waals surface area contributed by atoms with E-state index in [1.165, 1.54) is 6.20 Å². The second-order valence-corrected chi connectivity index (χ2v) is 5.05. The molecular weight excluding hydrogens is 260 g/mol. The highest BCUT2D eigenvalue weighted by molar-refractivity contribution is 5.88. The molecule has 2 heterocycles. The molecule has 1 aromatic rings. The lowest BCUT2D eigenvalue weighted by molar-refractivity contribution is -0.0566. The van der Waals surface area contributed by atoms with Crippen LogP contribution in [0.1, 0.15) is 24.3 Å². The largest absolute Gasteiger partial charge is 0.488 e. The summed E-state index contributed by atoms with van der Waals surface area (Å²) >= 11 is 0. The second-order valence-electron chi connectivity index (χ2n) is 5.05. The van der Waals surface area contributed by atoms with Gasteiger partial charge < -0.3 is 14.6 Å². The predicted octanol–water partition coefficient (Wildman–Crippen LogP) is 1.27. The average Bonchev–Trinajstić information content (AvgIpc) is 2.45. The SMILES string of the molecule is CC(C)N1CCOC(COc2cccnc2C(=O)O)C1. The van der Waals surface area contributed by atoms with Crippen molar-refractivity contribution in [2.24, 2.45) is 0 Å². The van der Waals surface area contributed by atoms with E-state index in [0.717, 1.165) is 13.1 Å². The van der Waals surface area contributed by atoms with E-state index in [0.29, 0.717) is 19.3 Å². The lowest BCUT2D eigenvalue weighted by atomic mass is 10.2. The Morgan fingerprint density at radius 1 is 1.65 bits per heavy atom. The summed E-state index contributed by atoms with van der Waals surface area (Å²) in [6.45, 7) is 7.00. The van der Waals surface area contributed by atoms with Gasteiger partial charge in [-0.25, -0.2) is 9.78 Å². The monoisotopic (exact) mass is 280 g/mol. The summed E-state index contributed by atoms with van der Waals surface area (Å²) < 4.78 is 11.2. The fourth-order valence-corrected chi connectivity index (χ4v) is 2.16. The molecule has 6 heteroatoms. The molecule has 2 rings (SSSR count). The molecule has 0 amide bonds. The van der Waals surface area contributed by atoms with Crippen molar-refractivity contribution >= 4 is 5.97 Å². The first-order chi connectivity index (χ1) is 9.58. The van der Waals surface area contributed by atoms with Crippen molar-refractivity contribution in [1.29, 1.82) is 0 Å². The average molecular weight is 280 g/mol. The highest BCUT2D eigenvalue weighted by Crippen LogP contribution is 2.17. The van der Waals surface area contributed by atoms with E-state index in [9.17, 15) is 4.79 Å². The van der Waals surface area contributed by atoms with Crippen LogP contribution < -0.4 is 4.74 Å². The van der Waals surface area contributed by atoms with E-state index in [1.807, 2.05) is 0 Å². The van der Waals surface area contributed by atoms with Crippen LogP contribution in [0, 0.1) is 0 Å². The molecular formula is C14H20N2O4. The molecule has 0 spiro atoms. The van der Waals surface area contributed by atoms with Crippen molar-refractivity contribution in [2.45, 2.75) is 26.0 Å². The molecule has 1 saturated heterocycles. The van der Waals surface area contributed by atoms with Gasteiger partial charge in [0, 0.05) is 25.3 Å². The Morgan fingerprint density at radius 2 is 2.45 bits per heavy atom. The molecule has 20 heavy (non-hydrogen) atoms. The third kappa shape index (κ3) is 3.68. The first-order valence-corrected chi connectivity index (χ1v) is 6.74. The van der Waals surface area contributed by atoms with Crippen molar-refractivity contribution in [2.75, 3.05) is 26.3 Å². The number of aromatic nitrogens is 1. The molecule has 0 aromatic carbocycles. The number of pyridine rings is 1. The van der Waals surface area contributed by atoms with Gasteiger partial charge in [0.1, 0.15) is 12.7 Å². The fourth-order valence-electron chi connectivity index (χ4n) is 2.16. The zero-order valence-electron chi connectivity index (χ0n) is 11.8. The number of ether oxygens (including phenoxy) is 2. The van der Waals surface area contributed by atoms with Crippen LogP contribution in [-0.2, 0) is 4.74 Å². The minimum Gasteiger partial charge on any atom is -0.488 e. The van der Waals surface area contributed by atoms with Gasteiger partial charge >= 0.3 is 5.97 Å². The van der Waals surface area contributed by atoms with E-state index < -0.39 is 5.97 Å². The van der Waals surface area contributed by atoms with E-state index in [2.05, 4.69) is 23.7 Å². The van der Waals surface area contributed by atoms with Gasteiger partial charge in [-0.15, -0.1) is 0 Å². The molecule has 1 aromatic heterocycles. The molecule has 1 aliphatic heterocycles. The second kappa shape index (κ2) is 6.67. The van der Waals surface area contributed by atoms with Crippen LogP contribution in [0.5, 0.6) is 5.75 Å². The number of aromatic carboxylic acids is 1. The summed E-state index contributed by atoms with van der Waals surface area (Å²) in [5, 5.41) is 9.04. The number of carboxylic acid groups (broad SMARTS) is 1. The van der Waals surface area contributed by atoms with Crippen LogP contribution in [-0.4, -0.2) is 59.4 Å². The van der Waals surface area contributed by atoms with Gasteiger partial charge in [-0.1, -0.05) is 0 Å². The maximum absolute atomic E-state index is 11.0. The minimum atomic E-state index is -1.09. The van der Waals surface area contributed by atoms with Crippen LogP contribution in [0.15, 0.2) is 18.3 Å². The quantitative estimate of drug-likeness (QED) is 0.875. The number of carboxylic acids is 1. The molecule has 0 aliphatic carbocycles. The van der Waals surface area contributed by atoms with Gasteiger partial charge in [0.2, 0.25) is 0 Å². The zero-order chi connectivity index (χ0) is 14.5. The summed E-state index contributed by atoms with van der Waals surface area (Å²) in [5.74, 6) is -0.806. The number of hydrogen-bond acceptors (Lipinski definition) is 5. The van der Waals surface area contributed by atoms with Crippen LogP contribution >= 0.6 is 0 Å². The molecule has 1 fully saturated rings. The first-order valence-electron chi connectivity index (χ1n) is 6.74. The zero-order valence-corrected chi connectivity index (χ0v) is 11.8. The summed E-state index contributed by atoms with van der Waals surface area (Å²) in [4.78, 5) is 17.2. The molecule has 1 atom stereocenters. The Kier molecular flexibility index (Phi) is 4.92. The smallest absolute Gasteiger partial charge is 0.358 e. The third-order valence-electron chi connectivity index (χ3n) is 3.30. The highest BCUT2D eigenvalue weighted by Gasteiger charge is 2.23. The Balaban J connectivity index is 1.94. The van der Waals surface area contributed by atoms with Crippen molar-refractivity contribution in [1.82, 2.24) is 9.88 Å². The molecule has 0 saturated carbocycles. The van der Waals surface area contributed by atoms with E-state index in [1.54, 1.807) is 12.1 Å². The van der Waals surface area contributed by atoms with Gasteiger partial charge in [0.15, 0.2) is 11.4 Å². The molecule has 0 radical (unpaired) electrons. The molecule has 110 valence electrons. The third-order valence-corrected chi connectivity index (χ3v) is 3.30. The Morgan fingerprint density at radius 3 is 3.15 bits per heavy atom. The van der Waals surface area contributed by atoms with Gasteiger partial charge in [-0.3, -0.25) is 4.90 Å². The fraction of sp³-hybridized carbons (Fsp3) is 0.571. The Bertz CT molecular complexity index is 464. The van der Waals surface area contributed by atoms with Crippen molar-refractivity contribution in [3.63, 3.8) is 0 Å². The maximum atomic E-state index is 11.0. The van der Waals surface area contributed by atoms with Crippen molar-refractivity contribution in [3.8, 4) is 5.75 Å². The minimum absolute atomic E-state index is 0.0481. The maximum Gasteiger partial charge on any atom is 0.358 e. The van der Waals surface area contributed by atoms with Crippen molar-refractivity contribution < 1.29 is 19.4 Å². The van der Waals surface area contributed by atoms with Crippen molar-refractivity contribution in [3.05, 3.63) is 24.0 Å². The lowest BCUT2D eigenvalue weighted by Crippen LogP contribution is -2.47. The molecule has 1 N–H and O–H groups in total. The molecule has 1 aliphatic rings. The molecule has 0 bridgehead atoms. The highest BCUT2D eigenvalue weighted by atomic mass is 16.5. The summed E-state index contributed by atoms with van der Waals surface area (Å²) in [5.41, 5.74) is -0.0657. The topological polar surface area (TPSA) is 71.9 Å². The van der Waals surface area contributed by atoms with Gasteiger partial charge in [0.05, 0.1) is 6.61 Å². The number of carbonyl (C=O) groups is 1. The summed E-state index contributed by atoms with van der Waals surface area (Å²) in [6, 6.07) is 3.73. The van der Waals surface area contributed by atoms with Gasteiger partial charge in [0.25, 0.3) is 0 Å². The van der Waals surface area contributed by atoms with Gasteiger partial charge in [-0.2, -0.15) is 0 Å². The van der Waals surface area contributed by atoms with Crippen LogP contribution in [0.25, 0.3) is 0 Å². The number of hydrogen-bond donors (Lipinski definition) is 1. The first kappa shape index (κ1) is 14.7. The normalized spacial score (nSPS) is 20.1. The number of nitrogens with zero attached hydrogens (tertiary/aromatic N) is 2. The molecule has 1 unspecified atom stereocenters. The van der Waals surface area contributed by atoms with Gasteiger partial charge in [-0.05, 0) is 26.0 Å². The van der Waals surface area contributed by atoms with Crippen LogP contribution in [0.3, 0.4) is 0 Å². The predicted molar refractivity (Wildman–Crippen MR) is 73.1 cm³/mol. The number of rotatable bonds is 5. The standard InChI is InChI=1S/C14H20N2O4/c1-10(2)16-6-7-19-11(8-16)9-20-12-4-3-5-15-13(12)14(17)18/h3-5,10-11H,6-9H2,1-2H3,(H,17,18). The lowest BCUT2D eigenvalue weighted by Gasteiger charge is -2.35. The summed E-state index contributed by atoms with van der Waals surface area (Å²) in [7, 11) is 0. The number of morpholine rings is 1. The Labute approximate surface area is 118 Å². The molecule has 6 nitrogen and oxygen atoms in total. The Hall–Kier alpha value is -1.66. The van der Waals surface area contributed by atoms with E-state index in [4.69, 9.17) is 14.6 Å². The summed E-state index contributed by atoms with van der Waals surface area (Å²) in [6.07, 6.45) is 1.39. The van der Waals surface area contributed by atoms with E-state index in [-0.39, 0.29) is 17.5 Å². The van der Waals surface area contributed by atoms with E-state index >= 15 is 0 Å².